The number of amides is 1. The monoisotopic (exact) mass is 1900 g/mol. The number of benzene rings is 2. The van der Waals surface area contributed by atoms with Crippen LogP contribution in [-0.4, -0.2) is 361 Å². The van der Waals surface area contributed by atoms with Gasteiger partial charge in [-0.25, -0.2) is 9.59 Å². The second-order valence-electron chi connectivity index (χ2n) is 39.8. The molecular formula is C91H125N3O38S. The number of aromatic hydroxyl groups is 1. The van der Waals surface area contributed by atoms with E-state index in [1.165, 1.54) is 31.2 Å². The Morgan fingerprint density at radius 2 is 1.25 bits per heavy atom. The van der Waals surface area contributed by atoms with E-state index in [1.54, 1.807) is 31.2 Å². The molecule has 13 aliphatic rings. The number of unbranched alkanes of at least 4 members (excludes halogenated alkanes) is 2. The van der Waals surface area contributed by atoms with Gasteiger partial charge < -0.3 is 179 Å². The van der Waals surface area contributed by atoms with Crippen molar-refractivity contribution in [3.8, 4) is 11.5 Å². The number of esters is 1. The lowest BCUT2D eigenvalue weighted by atomic mass is 9.33. The molecule has 6 saturated heterocycles. The number of hydrogen-bond acceptors (Lipinski definition) is 37. The van der Waals surface area contributed by atoms with Crippen molar-refractivity contribution in [3.05, 3.63) is 82.5 Å². The Labute approximate surface area is 770 Å². The third-order valence-electron chi connectivity index (χ3n) is 31.3. The molecule has 6 aliphatic carbocycles. The number of carboxylic acid groups (broad SMARTS) is 2. The summed E-state index contributed by atoms with van der Waals surface area (Å²) >= 11 is 5.61. The van der Waals surface area contributed by atoms with E-state index >= 15 is 4.79 Å². The van der Waals surface area contributed by atoms with Gasteiger partial charge in [-0.05, 0) is 165 Å². The van der Waals surface area contributed by atoms with Crippen LogP contribution in [0.5, 0.6) is 11.5 Å². The Balaban J connectivity index is 0.650. The van der Waals surface area contributed by atoms with E-state index in [1.807, 2.05) is 13.8 Å². The highest BCUT2D eigenvalue weighted by Crippen LogP contribution is 2.76. The molecule has 2 aromatic carbocycles. The Bertz CT molecular complexity index is 4710. The molecule has 0 aromatic heterocycles. The number of carbonyl (C=O) groups is 6. The molecule has 2 unspecified atom stereocenters. The molecule has 41 nitrogen and oxygen atoms in total. The van der Waals surface area contributed by atoms with E-state index in [0.29, 0.717) is 79.3 Å². The molecule has 738 valence electrons. The molecular weight excluding hydrogens is 1780 g/mol. The summed E-state index contributed by atoms with van der Waals surface area (Å²) in [7, 11) is 0. The summed E-state index contributed by atoms with van der Waals surface area (Å²) in [5.74, 6) is -6.24. The lowest BCUT2D eigenvalue weighted by molar-refractivity contribution is -0.391. The minimum Gasteiger partial charge on any atom is -0.508 e. The van der Waals surface area contributed by atoms with Crippen molar-refractivity contribution in [2.24, 2.45) is 50.2 Å². The fraction of sp³-hybridized carbons (Fsp3) is 0.725. The van der Waals surface area contributed by atoms with E-state index in [2.05, 4.69) is 42.8 Å². The molecule has 0 bridgehead atoms. The number of anilines is 1. The van der Waals surface area contributed by atoms with E-state index < -0.39 is 285 Å². The van der Waals surface area contributed by atoms with Crippen LogP contribution in [0.15, 0.2) is 65.8 Å². The van der Waals surface area contributed by atoms with Crippen molar-refractivity contribution in [3.63, 3.8) is 0 Å². The summed E-state index contributed by atoms with van der Waals surface area (Å²) in [6, 6.07) is 7.57. The smallest absolute Gasteiger partial charge is 0.336 e. The lowest BCUT2D eigenvalue weighted by Gasteiger charge is -2.71. The summed E-state index contributed by atoms with van der Waals surface area (Å²) in [5, 5.41) is 220. The van der Waals surface area contributed by atoms with E-state index in [4.69, 9.17) is 73.8 Å². The zero-order valence-corrected chi connectivity index (χ0v) is 75.3. The maximum absolute atomic E-state index is 16.3. The van der Waals surface area contributed by atoms with Crippen molar-refractivity contribution < 1.29 is 187 Å². The zero-order valence-electron chi connectivity index (χ0n) is 74.5. The number of thiocarbonyl (C=S) groups is 1. The summed E-state index contributed by atoms with van der Waals surface area (Å²) in [6.07, 6.45) is -44.9. The topological polar surface area (TPSA) is 643 Å². The zero-order chi connectivity index (χ0) is 96.1. The average Bonchev–Trinajstić information content (AvgIpc) is 0.667. The summed E-state index contributed by atoms with van der Waals surface area (Å²) in [6.45, 7) is 10.9. The number of aliphatic hydroxyl groups is 16. The van der Waals surface area contributed by atoms with Gasteiger partial charge in [-0.1, -0.05) is 71.8 Å². The number of ketones is 1. The molecule has 0 radical (unpaired) electrons. The predicted molar refractivity (Wildman–Crippen MR) is 456 cm³/mol. The summed E-state index contributed by atoms with van der Waals surface area (Å²) < 4.78 is 79.4. The number of phenols is 1. The van der Waals surface area contributed by atoms with E-state index in [0.717, 1.165) is 11.9 Å². The molecule has 4 saturated carbocycles. The van der Waals surface area contributed by atoms with Gasteiger partial charge in [0.05, 0.1) is 68.2 Å². The first-order valence-electron chi connectivity index (χ1n) is 45.5. The Kier molecular flexibility index (Phi) is 29.8. The van der Waals surface area contributed by atoms with Gasteiger partial charge in [0.1, 0.15) is 139 Å². The van der Waals surface area contributed by atoms with Gasteiger partial charge in [0.2, 0.25) is 12.2 Å². The van der Waals surface area contributed by atoms with Gasteiger partial charge in [0.15, 0.2) is 54.6 Å². The van der Waals surface area contributed by atoms with Gasteiger partial charge >= 0.3 is 17.9 Å². The number of carboxylic acids is 2. The largest absolute Gasteiger partial charge is 0.508 e. The fourth-order valence-corrected chi connectivity index (χ4v) is 23.9. The number of aliphatic hydroxyl groups excluding tert-OH is 16. The molecule has 1 amide bonds. The highest BCUT2D eigenvalue weighted by Gasteiger charge is 2.73. The standard InChI is InChI=1S/C91H125N3O38S/c1-37-71(127-78-66(110)60(104)47(100)34-120-78)65(109)69(113)80(122-37)130-74-63(107)59(94-57(103)11-9-8-10-26-92-85(133)93-38-12-15-41(44(27-38)76(115)116)58-42-16-13-39(98)28-49(42)123-50-29-40(99)14-17-43(50)58)51(32-95)124-82(74)132-84(119)91-25-24-86(2,3)30-46(91)45-18-19-54-87(4)22-21-56(88(5,36-97)53(87)20-23-89(54,6)90(45,7)31-55(91)102)126-83-75(131-81-68(112)64(108)62(106)52(33-96)125-81)72(70(114)73(129-83)77(117)118)128-79-67(111)61(105)48(101)35-121-79/h12-18,27-28,36-37,46-48,50-56,59-75,78-83,95-96,98,100-102,104-114H,8-11,19-26,29-35H2,1-7H3,(H,94,103)(H,115,116)(H,117,118)(H2,92,93,133)/t37-,46+,47+,48-,50?,51+,52-,53-,54-,55-,56+,59?,60-,61+,62+,63-,64+,65-,66+,67-,68-,69+,70+,71-,72+,73+,74+,75-,78+,79-,80-,81+,82-,83+,87+,88+,89-,90-,91-/m1/s1. The minimum atomic E-state index is -2.25. The number of nitrogens with one attached hydrogen (secondary N) is 3. The maximum Gasteiger partial charge on any atom is 0.336 e. The maximum atomic E-state index is 16.3. The van der Waals surface area contributed by atoms with Crippen molar-refractivity contribution in [2.45, 2.75) is 329 Å². The second kappa shape index (κ2) is 39.4. The molecule has 22 N–H and O–H groups in total. The number of aldehydes is 1. The summed E-state index contributed by atoms with van der Waals surface area (Å²) in [4.78, 5) is 83.4. The second-order valence-corrected chi connectivity index (χ2v) is 40.2. The van der Waals surface area contributed by atoms with Gasteiger partial charge in [-0.3, -0.25) is 14.4 Å². The fourth-order valence-electron chi connectivity index (χ4n) is 23.7. The number of ether oxygens (including phenoxy) is 13. The average molecular weight is 1900 g/mol. The van der Waals surface area contributed by atoms with Crippen LogP contribution in [0.4, 0.5) is 5.69 Å². The third kappa shape index (κ3) is 18.6. The number of aromatic carboxylic acids is 1. The Hall–Kier alpha value is -6.91. The molecule has 7 aliphatic heterocycles. The van der Waals surface area contributed by atoms with Gasteiger partial charge in [0.25, 0.3) is 0 Å². The first-order valence-corrected chi connectivity index (χ1v) is 45.9. The molecule has 7 heterocycles. The van der Waals surface area contributed by atoms with Crippen LogP contribution < -0.4 is 20.7 Å². The number of carbonyl (C=O) groups excluding carboxylic acids is 4. The molecule has 10 fully saturated rings. The van der Waals surface area contributed by atoms with Crippen molar-refractivity contribution in [1.82, 2.24) is 10.6 Å². The van der Waals surface area contributed by atoms with E-state index in [9.17, 15) is 121 Å². The molecule has 15 rings (SSSR count). The van der Waals surface area contributed by atoms with Crippen LogP contribution in [-0.2, 0) is 80.8 Å². The van der Waals surface area contributed by atoms with Crippen molar-refractivity contribution in [2.75, 3.05) is 38.3 Å². The highest BCUT2D eigenvalue weighted by molar-refractivity contribution is 7.80. The molecule has 133 heavy (non-hydrogen) atoms. The normalized spacial score (nSPS) is 44.3. The number of rotatable bonds is 26. The van der Waals surface area contributed by atoms with Crippen molar-refractivity contribution in [1.29, 1.82) is 0 Å². The SMILES string of the molecule is C[C@H]1O[C@H](O[C@@H]2[C@@H](OC(=O)[C@]34CCC(C)(C)C[C@H]3C3=CC[C@@H]5[C@@]6(C)CC[C@H](O[C@H]7O[C@H](C(=O)O)[C@@H](O)[C@H](O[C@H]8OC[C@@H](O)[C@H](O)[C@H]8O)[C@H]7O[C@@H]7O[C@H](CO)[C@H](O)[C@H](O)[C@H]7O)[C@@](C)(C=O)[C@@H]6CC[C@@]5(C)[C@]3(C)C[C@H]4O)O[C@@H](CO)C(NC(=O)CCCCCNC(=S)Nc3ccc(C4=C5C=CC(=O)CC5Oc5cc(O)ccc54)c(C(=O)O)c3)[C@H]2O)[C@@H](O)[C@@H](O)[C@@H]1O[C@@H]1OC[C@H](O)[C@@H](O)[C@@H]1O. The first-order chi connectivity index (χ1) is 62.9. The van der Waals surface area contributed by atoms with Gasteiger partial charge in [-0.15, -0.1) is 0 Å². The molecule has 2 aromatic rings. The molecule has 0 spiro atoms. The number of hydrogen-bond donors (Lipinski definition) is 22. The van der Waals surface area contributed by atoms with Crippen LogP contribution in [0.1, 0.15) is 160 Å². The Morgan fingerprint density at radius 1 is 0.609 bits per heavy atom. The van der Waals surface area contributed by atoms with Gasteiger partial charge in [-0.2, -0.15) is 0 Å². The van der Waals surface area contributed by atoms with Crippen LogP contribution in [0, 0.1) is 50.2 Å². The number of phenolic OH excluding ortho intramolecular Hbond substituents is 1. The number of aliphatic carboxylic acids is 1. The Morgan fingerprint density at radius 3 is 1.92 bits per heavy atom. The van der Waals surface area contributed by atoms with Gasteiger partial charge in [0, 0.05) is 41.4 Å². The number of fused-ring (bicyclic) bond motifs is 9. The van der Waals surface area contributed by atoms with Crippen LogP contribution in [0.25, 0.3) is 5.57 Å². The molecule has 42 heteroatoms. The van der Waals surface area contributed by atoms with E-state index in [-0.39, 0.29) is 78.9 Å². The predicted octanol–water partition coefficient (Wildman–Crippen LogP) is -1.67. The van der Waals surface area contributed by atoms with Crippen LogP contribution >= 0.6 is 12.2 Å². The van der Waals surface area contributed by atoms with Crippen LogP contribution in [0.2, 0.25) is 0 Å². The first kappa shape index (κ1) is 101. The molecule has 39 atom stereocenters. The quantitative estimate of drug-likeness (QED) is 0.0125. The number of allylic oxidation sites excluding steroid dienone is 3. The lowest BCUT2D eigenvalue weighted by Crippen LogP contribution is -2.70. The third-order valence-corrected chi connectivity index (χ3v) is 31.5. The summed E-state index contributed by atoms with van der Waals surface area (Å²) in [5.41, 5.74) is -3.13. The highest BCUT2D eigenvalue weighted by atomic mass is 32.1. The van der Waals surface area contributed by atoms with Crippen molar-refractivity contribution >= 4 is 64.5 Å². The van der Waals surface area contributed by atoms with Crippen LogP contribution in [0.3, 0.4) is 0 Å². The minimum absolute atomic E-state index is 0.00474.